The Morgan fingerprint density at radius 2 is 1.82 bits per heavy atom. The second-order valence-electron chi connectivity index (χ2n) is 6.61. The highest BCUT2D eigenvalue weighted by Gasteiger charge is 2.26. The Hall–Kier alpha value is -0.430. The zero-order valence-electron chi connectivity index (χ0n) is 15.2. The Morgan fingerprint density at radius 3 is 2.36 bits per heavy atom. The summed E-state index contributed by atoms with van der Waals surface area (Å²) in [4.78, 5) is 0. The molecule has 0 saturated carbocycles. The van der Waals surface area contributed by atoms with E-state index in [2.05, 4.69) is 51.7 Å². The van der Waals surface area contributed by atoms with Gasteiger partial charge in [-0.05, 0) is 62.8 Å². The van der Waals surface area contributed by atoms with E-state index in [0.717, 1.165) is 0 Å². The van der Waals surface area contributed by atoms with Gasteiger partial charge in [0.15, 0.2) is 8.38 Å². The fourth-order valence-electron chi connectivity index (χ4n) is 2.91. The standard InChI is InChI=1S/C19H33O2P/c1-7-20-22(21-8-2)15-13-16(3)11-12-18-17(4)10-9-14-19(18,5)6/h11-13,15-16H,7-10,14H2,1-6H3/b12-11+,15-13+. The minimum Gasteiger partial charge on any atom is -0.331 e. The summed E-state index contributed by atoms with van der Waals surface area (Å²) in [6, 6.07) is 0. The molecule has 0 aromatic rings. The van der Waals surface area contributed by atoms with Gasteiger partial charge in [-0.25, -0.2) is 0 Å². The van der Waals surface area contributed by atoms with Crippen molar-refractivity contribution in [1.82, 2.24) is 0 Å². The summed E-state index contributed by atoms with van der Waals surface area (Å²) >= 11 is 0. The van der Waals surface area contributed by atoms with E-state index in [1.807, 2.05) is 13.8 Å². The number of hydrogen-bond acceptors (Lipinski definition) is 2. The largest absolute Gasteiger partial charge is 0.331 e. The van der Waals surface area contributed by atoms with Crippen LogP contribution in [0.4, 0.5) is 0 Å². The summed E-state index contributed by atoms with van der Waals surface area (Å²) in [7, 11) is -0.873. The number of allylic oxidation sites excluding steroid dienone is 5. The Bertz CT molecular complexity index is 415. The third-order valence-electron chi connectivity index (χ3n) is 4.13. The molecular weight excluding hydrogens is 291 g/mol. The molecule has 0 saturated heterocycles. The van der Waals surface area contributed by atoms with E-state index in [9.17, 15) is 0 Å². The Kier molecular flexibility index (Phi) is 8.61. The first-order chi connectivity index (χ1) is 10.4. The third kappa shape index (κ3) is 6.36. The molecule has 1 aliphatic rings. The topological polar surface area (TPSA) is 18.5 Å². The maximum Gasteiger partial charge on any atom is 0.197 e. The summed E-state index contributed by atoms with van der Waals surface area (Å²) in [5.41, 5.74) is 3.39. The first-order valence-corrected chi connectivity index (χ1v) is 9.77. The molecule has 126 valence electrons. The van der Waals surface area contributed by atoms with Crippen LogP contribution in [0, 0.1) is 11.3 Å². The first kappa shape index (κ1) is 19.6. The fourth-order valence-corrected chi connectivity index (χ4v) is 4.07. The van der Waals surface area contributed by atoms with Gasteiger partial charge in [0.2, 0.25) is 0 Å². The second kappa shape index (κ2) is 9.65. The van der Waals surface area contributed by atoms with Crippen molar-refractivity contribution in [1.29, 1.82) is 0 Å². The Labute approximate surface area is 138 Å². The molecule has 1 rings (SSSR count). The van der Waals surface area contributed by atoms with Crippen molar-refractivity contribution < 1.29 is 9.05 Å². The van der Waals surface area contributed by atoms with Gasteiger partial charge in [0.1, 0.15) is 0 Å². The van der Waals surface area contributed by atoms with E-state index in [0.29, 0.717) is 24.5 Å². The fraction of sp³-hybridized carbons (Fsp3) is 0.684. The van der Waals surface area contributed by atoms with Gasteiger partial charge in [-0.1, -0.05) is 44.6 Å². The normalized spacial score (nSPS) is 20.5. The molecule has 0 radical (unpaired) electrons. The molecule has 0 spiro atoms. The van der Waals surface area contributed by atoms with Crippen LogP contribution < -0.4 is 0 Å². The van der Waals surface area contributed by atoms with Crippen molar-refractivity contribution in [3.63, 3.8) is 0 Å². The van der Waals surface area contributed by atoms with Gasteiger partial charge < -0.3 is 9.05 Å². The van der Waals surface area contributed by atoms with E-state index in [1.165, 1.54) is 24.8 Å². The van der Waals surface area contributed by atoms with Crippen molar-refractivity contribution >= 4 is 8.38 Å². The van der Waals surface area contributed by atoms with Gasteiger partial charge >= 0.3 is 0 Å². The summed E-state index contributed by atoms with van der Waals surface area (Å²) in [6.07, 6.45) is 10.7. The van der Waals surface area contributed by atoms with Crippen LogP contribution >= 0.6 is 8.38 Å². The lowest BCUT2D eigenvalue weighted by Gasteiger charge is -2.33. The van der Waals surface area contributed by atoms with E-state index >= 15 is 0 Å². The van der Waals surface area contributed by atoms with Crippen LogP contribution in [0.3, 0.4) is 0 Å². The summed E-state index contributed by atoms with van der Waals surface area (Å²) in [5.74, 6) is 2.48. The molecule has 22 heavy (non-hydrogen) atoms. The monoisotopic (exact) mass is 324 g/mol. The van der Waals surface area contributed by atoms with Gasteiger partial charge in [-0.3, -0.25) is 0 Å². The zero-order valence-corrected chi connectivity index (χ0v) is 16.1. The van der Waals surface area contributed by atoms with Gasteiger partial charge in [0, 0.05) is 0 Å². The van der Waals surface area contributed by atoms with Crippen LogP contribution in [0.1, 0.15) is 60.8 Å². The van der Waals surface area contributed by atoms with Crippen LogP contribution in [0.2, 0.25) is 0 Å². The lowest BCUT2D eigenvalue weighted by Crippen LogP contribution is -2.19. The molecule has 2 nitrogen and oxygen atoms in total. The minimum absolute atomic E-state index is 0.311. The summed E-state index contributed by atoms with van der Waals surface area (Å²) in [6.45, 7) is 14.6. The molecule has 3 heteroatoms. The SMILES string of the molecule is CCOP(/C=C/C(C)/C=C/C1=C(C)CCCC1(C)C)OCC. The predicted molar refractivity (Wildman–Crippen MR) is 97.9 cm³/mol. The van der Waals surface area contributed by atoms with Crippen molar-refractivity contribution in [2.24, 2.45) is 11.3 Å². The second-order valence-corrected chi connectivity index (χ2v) is 8.00. The molecule has 1 atom stereocenters. The summed E-state index contributed by atoms with van der Waals surface area (Å²) < 4.78 is 11.2. The van der Waals surface area contributed by atoms with Gasteiger partial charge in [0.25, 0.3) is 0 Å². The van der Waals surface area contributed by atoms with Gasteiger partial charge in [-0.15, -0.1) is 0 Å². The molecule has 0 amide bonds. The number of rotatable bonds is 8. The van der Waals surface area contributed by atoms with E-state index < -0.39 is 8.38 Å². The number of hydrogen-bond donors (Lipinski definition) is 0. The van der Waals surface area contributed by atoms with Crippen molar-refractivity contribution in [2.75, 3.05) is 13.2 Å². The third-order valence-corrected chi connectivity index (χ3v) is 5.57. The van der Waals surface area contributed by atoms with E-state index in [-0.39, 0.29) is 0 Å². The lowest BCUT2D eigenvalue weighted by atomic mass is 9.72. The smallest absolute Gasteiger partial charge is 0.197 e. The molecule has 0 heterocycles. The van der Waals surface area contributed by atoms with Crippen LogP contribution in [0.15, 0.2) is 35.2 Å². The van der Waals surface area contributed by atoms with Crippen molar-refractivity contribution in [2.45, 2.75) is 60.8 Å². The average molecular weight is 324 g/mol. The van der Waals surface area contributed by atoms with Crippen LogP contribution in [-0.2, 0) is 9.05 Å². The lowest BCUT2D eigenvalue weighted by molar-refractivity contribution is 0.276. The molecule has 0 N–H and O–H groups in total. The molecule has 0 bridgehead atoms. The van der Waals surface area contributed by atoms with Crippen LogP contribution in [0.5, 0.6) is 0 Å². The quantitative estimate of drug-likeness (QED) is 0.468. The highest BCUT2D eigenvalue weighted by molar-refractivity contribution is 7.50. The zero-order chi connectivity index (χ0) is 16.6. The Balaban J connectivity index is 2.68. The molecule has 0 aromatic heterocycles. The molecule has 1 aliphatic carbocycles. The molecule has 0 aromatic carbocycles. The highest BCUT2D eigenvalue weighted by Crippen LogP contribution is 2.41. The summed E-state index contributed by atoms with van der Waals surface area (Å²) in [5, 5.41) is 0. The van der Waals surface area contributed by atoms with Crippen molar-refractivity contribution in [3.05, 3.63) is 35.2 Å². The van der Waals surface area contributed by atoms with E-state index in [4.69, 9.17) is 9.05 Å². The highest BCUT2D eigenvalue weighted by atomic mass is 31.2. The minimum atomic E-state index is -0.873. The predicted octanol–water partition coefficient (Wildman–Crippen LogP) is 6.60. The molecule has 1 unspecified atom stereocenters. The molecular formula is C19H33O2P. The first-order valence-electron chi connectivity index (χ1n) is 8.52. The van der Waals surface area contributed by atoms with Crippen LogP contribution in [-0.4, -0.2) is 13.2 Å². The maximum atomic E-state index is 5.60. The molecule has 0 aliphatic heterocycles. The van der Waals surface area contributed by atoms with Gasteiger partial charge in [-0.2, -0.15) is 0 Å². The van der Waals surface area contributed by atoms with E-state index in [1.54, 1.807) is 5.57 Å². The van der Waals surface area contributed by atoms with Crippen LogP contribution in [0.25, 0.3) is 0 Å². The molecule has 0 fully saturated rings. The average Bonchev–Trinajstić information content (AvgIpc) is 2.44. The Morgan fingerprint density at radius 1 is 1.18 bits per heavy atom. The maximum absolute atomic E-state index is 5.60. The van der Waals surface area contributed by atoms with Gasteiger partial charge in [0.05, 0.1) is 13.2 Å². The van der Waals surface area contributed by atoms with Crippen molar-refractivity contribution in [3.8, 4) is 0 Å².